The first-order valence-electron chi connectivity index (χ1n) is 7.76. The van der Waals surface area contributed by atoms with E-state index in [1.807, 2.05) is 6.92 Å². The molecule has 0 bridgehead atoms. The van der Waals surface area contributed by atoms with E-state index in [1.54, 1.807) is 19.2 Å². The van der Waals surface area contributed by atoms with E-state index in [-0.39, 0.29) is 24.5 Å². The van der Waals surface area contributed by atoms with Crippen LogP contribution in [0.1, 0.15) is 11.3 Å². The summed E-state index contributed by atoms with van der Waals surface area (Å²) in [5.41, 5.74) is 0. The molecule has 1 aliphatic heterocycles. The molecular formula is C14H20N4O4S3. The molecule has 2 aromatic rings. The molecule has 1 aliphatic rings. The van der Waals surface area contributed by atoms with Gasteiger partial charge in [0.1, 0.15) is 9.10 Å². The SMILES string of the molecule is Cc1ccc(S(=O)(=O)N2CCCN(S(=O)(=O)c3cnn(C)c3)CC2)s1. The molecule has 3 heterocycles. The van der Waals surface area contributed by atoms with Crippen LogP contribution in [0.3, 0.4) is 0 Å². The van der Waals surface area contributed by atoms with Gasteiger partial charge in [0.05, 0.1) is 6.20 Å². The van der Waals surface area contributed by atoms with Crippen molar-refractivity contribution in [3.05, 3.63) is 29.4 Å². The zero-order chi connectivity index (χ0) is 18.2. The molecule has 8 nitrogen and oxygen atoms in total. The van der Waals surface area contributed by atoms with Gasteiger partial charge in [0.2, 0.25) is 10.0 Å². The van der Waals surface area contributed by atoms with E-state index in [2.05, 4.69) is 5.10 Å². The molecule has 2 aromatic heterocycles. The Morgan fingerprint density at radius 2 is 1.64 bits per heavy atom. The standard InChI is InChI=1S/C14H20N4O4S3/c1-12-4-5-14(23-12)25(21,22)18-7-3-6-17(8-9-18)24(19,20)13-10-15-16(2)11-13/h4-5,10-11H,3,6-9H2,1-2H3. The van der Waals surface area contributed by atoms with Crippen LogP contribution in [0.5, 0.6) is 0 Å². The molecule has 0 amide bonds. The van der Waals surface area contributed by atoms with Crippen LogP contribution < -0.4 is 0 Å². The number of hydrogen-bond donors (Lipinski definition) is 0. The van der Waals surface area contributed by atoms with Crippen LogP contribution in [-0.2, 0) is 27.1 Å². The minimum Gasteiger partial charge on any atom is -0.274 e. The molecule has 0 N–H and O–H groups in total. The van der Waals surface area contributed by atoms with Crippen molar-refractivity contribution in [3.63, 3.8) is 0 Å². The summed E-state index contributed by atoms with van der Waals surface area (Å²) >= 11 is 1.23. The monoisotopic (exact) mass is 404 g/mol. The number of hydrogen-bond acceptors (Lipinski definition) is 6. The molecule has 1 saturated heterocycles. The van der Waals surface area contributed by atoms with Crippen molar-refractivity contribution in [2.45, 2.75) is 22.4 Å². The lowest BCUT2D eigenvalue weighted by molar-refractivity contribution is 0.405. The van der Waals surface area contributed by atoms with E-state index in [1.165, 1.54) is 37.0 Å². The molecule has 3 rings (SSSR count). The van der Waals surface area contributed by atoms with Crippen LogP contribution >= 0.6 is 11.3 Å². The zero-order valence-electron chi connectivity index (χ0n) is 14.0. The molecule has 0 radical (unpaired) electrons. The Balaban J connectivity index is 1.79. The maximum atomic E-state index is 12.7. The van der Waals surface area contributed by atoms with Gasteiger partial charge in [-0.2, -0.15) is 13.7 Å². The summed E-state index contributed by atoms with van der Waals surface area (Å²) in [6.45, 7) is 2.71. The lowest BCUT2D eigenvalue weighted by atomic mass is 10.4. The van der Waals surface area contributed by atoms with Gasteiger partial charge in [0.15, 0.2) is 0 Å². The van der Waals surface area contributed by atoms with Crippen molar-refractivity contribution in [1.82, 2.24) is 18.4 Å². The van der Waals surface area contributed by atoms with Gasteiger partial charge in [-0.05, 0) is 25.5 Å². The Bertz CT molecular complexity index is 884. The number of aryl methyl sites for hydroxylation is 2. The third-order valence-electron chi connectivity index (χ3n) is 4.04. The summed E-state index contributed by atoms with van der Waals surface area (Å²) in [5.74, 6) is 0. The first-order chi connectivity index (χ1) is 11.7. The van der Waals surface area contributed by atoms with Crippen LogP contribution in [0.15, 0.2) is 33.6 Å². The van der Waals surface area contributed by atoms with Crippen LogP contribution in [-0.4, -0.2) is 61.4 Å². The largest absolute Gasteiger partial charge is 0.274 e. The maximum absolute atomic E-state index is 12.7. The predicted octanol–water partition coefficient (Wildman–Crippen LogP) is 0.875. The Morgan fingerprint density at radius 1 is 1.00 bits per heavy atom. The second-order valence-corrected chi connectivity index (χ2v) is 11.3. The van der Waals surface area contributed by atoms with Gasteiger partial charge in [-0.15, -0.1) is 11.3 Å². The first-order valence-corrected chi connectivity index (χ1v) is 11.5. The van der Waals surface area contributed by atoms with Crippen LogP contribution in [0.25, 0.3) is 0 Å². The van der Waals surface area contributed by atoms with Gasteiger partial charge in [-0.25, -0.2) is 16.8 Å². The highest BCUT2D eigenvalue weighted by atomic mass is 32.2. The fourth-order valence-electron chi connectivity index (χ4n) is 2.71. The quantitative estimate of drug-likeness (QED) is 0.754. The average molecular weight is 405 g/mol. The van der Waals surface area contributed by atoms with Gasteiger partial charge in [0, 0.05) is 44.3 Å². The maximum Gasteiger partial charge on any atom is 0.252 e. The molecule has 0 unspecified atom stereocenters. The van der Waals surface area contributed by atoms with Crippen molar-refractivity contribution >= 4 is 31.4 Å². The number of aromatic nitrogens is 2. The second-order valence-electron chi connectivity index (χ2n) is 5.88. The van der Waals surface area contributed by atoms with Crippen LogP contribution in [0.4, 0.5) is 0 Å². The number of rotatable bonds is 4. The van der Waals surface area contributed by atoms with Crippen molar-refractivity contribution in [2.24, 2.45) is 7.05 Å². The predicted molar refractivity (Wildman–Crippen MR) is 94.4 cm³/mol. The number of sulfonamides is 2. The zero-order valence-corrected chi connectivity index (χ0v) is 16.4. The fourth-order valence-corrected chi connectivity index (χ4v) is 7.07. The Hall–Kier alpha value is -1.27. The van der Waals surface area contributed by atoms with Crippen molar-refractivity contribution < 1.29 is 16.8 Å². The molecule has 0 spiro atoms. The molecule has 0 aromatic carbocycles. The number of thiophene rings is 1. The molecule has 0 aliphatic carbocycles. The summed E-state index contributed by atoms with van der Waals surface area (Å²) in [5, 5.41) is 3.90. The van der Waals surface area contributed by atoms with E-state index in [4.69, 9.17) is 0 Å². The average Bonchev–Trinajstić information content (AvgIpc) is 3.08. The van der Waals surface area contributed by atoms with Crippen LogP contribution in [0.2, 0.25) is 0 Å². The molecule has 138 valence electrons. The number of nitrogens with zero attached hydrogens (tertiary/aromatic N) is 4. The van der Waals surface area contributed by atoms with Gasteiger partial charge >= 0.3 is 0 Å². The lowest BCUT2D eigenvalue weighted by Gasteiger charge is -2.20. The Kier molecular flexibility index (Phi) is 5.04. The topological polar surface area (TPSA) is 92.6 Å². The molecule has 25 heavy (non-hydrogen) atoms. The smallest absolute Gasteiger partial charge is 0.252 e. The minimum atomic E-state index is -3.66. The highest BCUT2D eigenvalue weighted by molar-refractivity contribution is 7.91. The van der Waals surface area contributed by atoms with E-state index in [9.17, 15) is 16.8 Å². The summed E-state index contributed by atoms with van der Waals surface area (Å²) in [7, 11) is -5.59. The minimum absolute atomic E-state index is 0.125. The van der Waals surface area contributed by atoms with Crippen molar-refractivity contribution in [1.29, 1.82) is 0 Å². The summed E-state index contributed by atoms with van der Waals surface area (Å²) in [6.07, 6.45) is 3.20. The van der Waals surface area contributed by atoms with E-state index in [0.29, 0.717) is 17.2 Å². The van der Waals surface area contributed by atoms with E-state index < -0.39 is 20.0 Å². The summed E-state index contributed by atoms with van der Waals surface area (Å²) in [6, 6.07) is 3.37. The third-order valence-corrected chi connectivity index (χ3v) is 9.26. The Labute approximate surface area is 151 Å². The lowest BCUT2D eigenvalue weighted by Crippen LogP contribution is -2.37. The van der Waals surface area contributed by atoms with E-state index in [0.717, 1.165) is 4.88 Å². The normalized spacial score (nSPS) is 18.3. The van der Waals surface area contributed by atoms with Gasteiger partial charge in [0.25, 0.3) is 10.0 Å². The highest BCUT2D eigenvalue weighted by Gasteiger charge is 2.32. The van der Waals surface area contributed by atoms with Gasteiger partial charge in [-0.3, -0.25) is 4.68 Å². The second kappa shape index (κ2) is 6.80. The molecule has 11 heteroatoms. The molecule has 0 saturated carbocycles. The van der Waals surface area contributed by atoms with Gasteiger partial charge < -0.3 is 0 Å². The van der Waals surface area contributed by atoms with Crippen molar-refractivity contribution in [2.75, 3.05) is 26.2 Å². The molecular weight excluding hydrogens is 384 g/mol. The van der Waals surface area contributed by atoms with E-state index >= 15 is 0 Å². The Morgan fingerprint density at radius 3 is 2.16 bits per heavy atom. The molecule has 1 fully saturated rings. The van der Waals surface area contributed by atoms with Crippen molar-refractivity contribution in [3.8, 4) is 0 Å². The molecule has 0 atom stereocenters. The highest BCUT2D eigenvalue weighted by Crippen LogP contribution is 2.26. The third kappa shape index (κ3) is 3.65. The van der Waals surface area contributed by atoms with Gasteiger partial charge in [-0.1, -0.05) is 0 Å². The summed E-state index contributed by atoms with van der Waals surface area (Å²) < 4.78 is 55.3. The first kappa shape index (κ1) is 18.5. The van der Waals surface area contributed by atoms with Crippen LogP contribution in [0, 0.1) is 6.92 Å². The summed E-state index contributed by atoms with van der Waals surface area (Å²) in [4.78, 5) is 1.05. The fraction of sp³-hybridized carbons (Fsp3) is 0.500.